The molecule has 0 spiro atoms. The molecule has 0 aromatic rings. The van der Waals surface area contributed by atoms with Crippen LogP contribution in [0.5, 0.6) is 0 Å². The molecule has 0 aliphatic heterocycles. The molecule has 1 unspecified atom stereocenters. The number of primary amides is 1. The predicted octanol–water partition coefficient (Wildman–Crippen LogP) is -0.757. The van der Waals surface area contributed by atoms with E-state index in [2.05, 4.69) is 5.32 Å². The van der Waals surface area contributed by atoms with Gasteiger partial charge in [0.1, 0.15) is 0 Å². The molecule has 5 nitrogen and oxygen atoms in total. The quantitative estimate of drug-likeness (QED) is 0.578. The third-order valence-corrected chi connectivity index (χ3v) is 3.21. The summed E-state index contributed by atoms with van der Waals surface area (Å²) in [5.74, 6) is -1.63. The summed E-state index contributed by atoms with van der Waals surface area (Å²) in [7, 11) is 1.52. The van der Waals surface area contributed by atoms with Crippen molar-refractivity contribution >= 4 is 11.8 Å². The van der Waals surface area contributed by atoms with Crippen molar-refractivity contribution < 1.29 is 16.1 Å². The second kappa shape index (κ2) is 4.18. The van der Waals surface area contributed by atoms with Gasteiger partial charge in [-0.15, -0.1) is 0 Å². The van der Waals surface area contributed by atoms with Crippen LogP contribution < -0.4 is 11.0 Å². The van der Waals surface area contributed by atoms with E-state index in [4.69, 9.17) is 1.41 Å². The Hall–Kier alpha value is -1.10. The van der Waals surface area contributed by atoms with Gasteiger partial charge < -0.3 is 16.2 Å². The van der Waals surface area contributed by atoms with Gasteiger partial charge in [-0.05, 0) is 18.3 Å². The summed E-state index contributed by atoms with van der Waals surface area (Å²) < 4.78 is 6.85. The molecule has 0 aromatic heterocycles. The van der Waals surface area contributed by atoms with Gasteiger partial charge in [-0.1, -0.05) is 6.92 Å². The second-order valence-electron chi connectivity index (χ2n) is 4.57. The first-order valence-electron chi connectivity index (χ1n) is 5.51. The molecule has 1 fully saturated rings. The highest BCUT2D eigenvalue weighted by molar-refractivity contribution is 5.87. The van der Waals surface area contributed by atoms with Gasteiger partial charge in [0.25, 0.3) is 0 Å². The molecule has 1 saturated carbocycles. The van der Waals surface area contributed by atoms with E-state index in [9.17, 15) is 14.7 Å². The Bertz CT molecular complexity index is 272. The highest BCUT2D eigenvalue weighted by atomic mass is 16.3. The normalized spacial score (nSPS) is 35.8. The maximum absolute atomic E-state index is 11.6. The van der Waals surface area contributed by atoms with Gasteiger partial charge in [0.05, 0.1) is 5.92 Å². The zero-order valence-corrected chi connectivity index (χ0v) is 9.04. The first-order valence-corrected chi connectivity index (χ1v) is 5.01. The van der Waals surface area contributed by atoms with Gasteiger partial charge >= 0.3 is 0 Å². The fraction of sp³-hybridized carbons (Fsp3) is 0.800. The van der Waals surface area contributed by atoms with E-state index in [0.717, 1.165) is 0 Å². The van der Waals surface area contributed by atoms with Crippen molar-refractivity contribution in [2.24, 2.45) is 23.0 Å². The fourth-order valence-corrected chi connectivity index (χ4v) is 2.30. The van der Waals surface area contributed by atoms with E-state index in [1.165, 1.54) is 7.05 Å². The molecule has 0 aromatic carbocycles. The van der Waals surface area contributed by atoms with Crippen LogP contribution in [-0.4, -0.2) is 30.6 Å². The van der Waals surface area contributed by atoms with Crippen molar-refractivity contribution in [3.63, 3.8) is 0 Å². The van der Waals surface area contributed by atoms with Crippen LogP contribution in [0.2, 0.25) is 1.41 Å². The molecule has 1 aliphatic rings. The molecule has 4 N–H and O–H groups in total. The number of aliphatic hydroxyl groups is 1. The largest absolute Gasteiger partial charge is 0.396 e. The van der Waals surface area contributed by atoms with Gasteiger partial charge in [-0.25, -0.2) is 0 Å². The van der Waals surface area contributed by atoms with Crippen molar-refractivity contribution in [1.29, 1.82) is 0 Å². The number of hydrogen-bond donors (Lipinski definition) is 3. The number of rotatable bonds is 3. The number of carbonyl (C=O) groups excluding carboxylic acids is 2. The standard InChI is InChI=1S/C10H18N2O3/c1-10(5-13)3-6(8(11)14)7(4-10)9(15)12-2/h6-7,13H,3-5H2,1-2H3,(H2,11,14)(H,12,15)/t6-,7-,10?/m0/s1/i/hD. The zero-order valence-electron chi connectivity index (χ0n) is 10.0. The molecule has 1 rings (SSSR count). The Morgan fingerprint density at radius 3 is 2.67 bits per heavy atom. The summed E-state index contributed by atoms with van der Waals surface area (Å²) in [6.45, 7) is 1.79. The van der Waals surface area contributed by atoms with E-state index < -0.39 is 23.2 Å². The molecule has 3 atom stereocenters. The van der Waals surface area contributed by atoms with Crippen LogP contribution in [0.3, 0.4) is 0 Å². The first-order chi connectivity index (χ1) is 7.47. The van der Waals surface area contributed by atoms with Gasteiger partial charge in [0.2, 0.25) is 11.8 Å². The fourth-order valence-electron chi connectivity index (χ4n) is 2.30. The van der Waals surface area contributed by atoms with E-state index in [1.807, 2.05) is 12.7 Å². The Labute approximate surface area is 90.5 Å². The molecule has 86 valence electrons. The minimum Gasteiger partial charge on any atom is -0.396 e. The molecule has 15 heavy (non-hydrogen) atoms. The predicted molar refractivity (Wildman–Crippen MR) is 54.7 cm³/mol. The number of hydrogen-bond acceptors (Lipinski definition) is 3. The van der Waals surface area contributed by atoms with Crippen LogP contribution in [-0.2, 0) is 9.59 Å². The van der Waals surface area contributed by atoms with E-state index in [0.29, 0.717) is 12.8 Å². The molecule has 0 heterocycles. The third kappa shape index (κ3) is 2.28. The minimum atomic E-state index is -0.519. The molecular weight excluding hydrogens is 196 g/mol. The lowest BCUT2D eigenvalue weighted by Crippen LogP contribution is -2.35. The topological polar surface area (TPSA) is 92.4 Å². The molecular formula is C10H18N2O3. The van der Waals surface area contributed by atoms with Gasteiger partial charge in [-0.3, -0.25) is 9.59 Å². The Balaban J connectivity index is 2.87. The summed E-state index contributed by atoms with van der Waals surface area (Å²) in [6, 6.07) is 0. The molecule has 5 heteroatoms. The summed E-state index contributed by atoms with van der Waals surface area (Å²) >= 11 is 0. The highest BCUT2D eigenvalue weighted by Crippen LogP contribution is 2.45. The van der Waals surface area contributed by atoms with Crippen LogP contribution in [0.4, 0.5) is 0 Å². The smallest absolute Gasteiger partial charge is 0.223 e. The summed E-state index contributed by atoms with van der Waals surface area (Å²) in [5.41, 5.74) is 1.42. The number of nitrogens with one attached hydrogen (secondary N) is 1. The van der Waals surface area contributed by atoms with Crippen molar-refractivity contribution in [2.45, 2.75) is 19.8 Å². The Kier molecular flexibility index (Phi) is 2.90. The minimum absolute atomic E-state index is 0.0533. The number of nitrogens with two attached hydrogens (primary N) is 1. The number of aliphatic hydroxyl groups excluding tert-OH is 1. The molecule has 0 bridgehead atoms. The maximum Gasteiger partial charge on any atom is 0.223 e. The van der Waals surface area contributed by atoms with E-state index in [1.54, 1.807) is 0 Å². The lowest BCUT2D eigenvalue weighted by Gasteiger charge is -2.19. The van der Waals surface area contributed by atoms with Crippen molar-refractivity contribution in [3.05, 3.63) is 0 Å². The van der Waals surface area contributed by atoms with Crippen LogP contribution in [0.25, 0.3) is 0 Å². The van der Waals surface area contributed by atoms with Crippen molar-refractivity contribution in [1.82, 2.24) is 5.32 Å². The van der Waals surface area contributed by atoms with E-state index >= 15 is 0 Å². The zero-order chi connectivity index (χ0) is 12.3. The number of carbonyl (C=O) groups is 2. The van der Waals surface area contributed by atoms with Crippen LogP contribution in [0, 0.1) is 17.3 Å². The summed E-state index contributed by atoms with van der Waals surface area (Å²) in [4.78, 5) is 23.1. The molecule has 1 aliphatic carbocycles. The maximum atomic E-state index is 11.6. The third-order valence-electron chi connectivity index (χ3n) is 3.21. The highest BCUT2D eigenvalue weighted by Gasteiger charge is 2.47. The lowest BCUT2D eigenvalue weighted by atomic mass is 9.88. The second-order valence-corrected chi connectivity index (χ2v) is 4.57. The molecule has 0 saturated heterocycles. The van der Waals surface area contributed by atoms with Crippen LogP contribution in [0.15, 0.2) is 0 Å². The molecule has 2 amide bonds. The Morgan fingerprint density at radius 2 is 2.20 bits per heavy atom. The summed E-state index contributed by atoms with van der Waals surface area (Å²) in [6.07, 6.45) is 0.910. The monoisotopic (exact) mass is 215 g/mol. The first kappa shape index (κ1) is 10.4. The van der Waals surface area contributed by atoms with Crippen LogP contribution >= 0.6 is 0 Å². The Morgan fingerprint density at radius 1 is 1.60 bits per heavy atom. The van der Waals surface area contributed by atoms with Crippen molar-refractivity contribution in [2.75, 3.05) is 13.7 Å². The average molecular weight is 215 g/mol. The summed E-state index contributed by atoms with van der Waals surface area (Å²) in [5, 5.41) is 11.8. The SMILES string of the molecule is [2H]NC(=O)[C@H]1CC(C)(CO)C[C@@H]1C(=O)NC. The number of amides is 2. The van der Waals surface area contributed by atoms with Gasteiger partial charge in [-0.2, -0.15) is 0 Å². The molecule has 0 radical (unpaired) electrons. The van der Waals surface area contributed by atoms with Crippen molar-refractivity contribution in [3.8, 4) is 0 Å². The van der Waals surface area contributed by atoms with Gasteiger partial charge in [0, 0.05) is 19.6 Å². The van der Waals surface area contributed by atoms with Crippen LogP contribution in [0.1, 0.15) is 19.8 Å². The lowest BCUT2D eigenvalue weighted by molar-refractivity contribution is -0.131. The van der Waals surface area contributed by atoms with E-state index in [-0.39, 0.29) is 12.5 Å². The van der Waals surface area contributed by atoms with Gasteiger partial charge in [0.15, 0.2) is 1.41 Å². The average Bonchev–Trinajstić information content (AvgIpc) is 2.66.